The van der Waals surface area contributed by atoms with Crippen LogP contribution in [0, 0.1) is 6.92 Å². The molecule has 102 valence electrons. The molecule has 3 N–H and O–H groups in total. The lowest BCUT2D eigenvalue weighted by atomic mass is 10.2. The zero-order valence-corrected chi connectivity index (χ0v) is 11.2. The van der Waals surface area contributed by atoms with Gasteiger partial charge in [0.25, 0.3) is 0 Å². The maximum atomic E-state index is 10.3. The number of hydrogen-bond acceptors (Lipinski definition) is 3. The Morgan fingerprint density at radius 3 is 2.26 bits per heavy atom. The Hall–Kier alpha value is -2.30. The third kappa shape index (κ3) is 4.46. The highest BCUT2D eigenvalue weighted by molar-refractivity contribution is 5.90. The molecule has 1 aromatic carbocycles. The number of phenols is 1. The highest BCUT2D eigenvalue weighted by Crippen LogP contribution is 2.14. The number of aryl methyl sites for hydroxylation is 1. The molecule has 0 unspecified atom stereocenters. The summed E-state index contributed by atoms with van der Waals surface area (Å²) in [6.07, 6.45) is 1.89. The molecule has 0 saturated carbocycles. The van der Waals surface area contributed by atoms with Crippen LogP contribution >= 0.6 is 0 Å². The molecular weight excluding hydrogens is 244 g/mol. The number of nitrogens with one attached hydrogen (secondary N) is 1. The Balaban J connectivity index is 0.000000191. The quantitative estimate of drug-likeness (QED) is 0.776. The monoisotopic (exact) mass is 262 g/mol. The van der Waals surface area contributed by atoms with E-state index in [-0.39, 0.29) is 11.3 Å². The van der Waals surface area contributed by atoms with Crippen LogP contribution < -0.4 is 0 Å². The van der Waals surface area contributed by atoms with E-state index < -0.39 is 5.97 Å². The molecule has 0 bridgehead atoms. The minimum atomic E-state index is -1.11. The van der Waals surface area contributed by atoms with Crippen molar-refractivity contribution in [2.24, 2.45) is 0 Å². The molecule has 1 aromatic heterocycles. The summed E-state index contributed by atoms with van der Waals surface area (Å²) in [5.41, 5.74) is 1.15. The minimum Gasteiger partial charge on any atom is -0.507 e. The fraction of sp³-hybridized carbons (Fsp3) is 0.286. The Morgan fingerprint density at radius 1 is 1.32 bits per heavy atom. The Morgan fingerprint density at radius 2 is 1.95 bits per heavy atom. The first-order valence-electron chi connectivity index (χ1n) is 5.94. The molecule has 5 heteroatoms. The summed E-state index contributed by atoms with van der Waals surface area (Å²) >= 11 is 0. The maximum Gasteiger partial charge on any atom is 0.339 e. The van der Waals surface area contributed by atoms with Gasteiger partial charge in [0.2, 0.25) is 0 Å². The number of para-hydroxylation sites is 1. The van der Waals surface area contributed by atoms with E-state index in [1.165, 1.54) is 17.8 Å². The number of imidazole rings is 1. The van der Waals surface area contributed by atoms with Crippen molar-refractivity contribution in [1.29, 1.82) is 0 Å². The van der Waals surface area contributed by atoms with Crippen LogP contribution in [0.3, 0.4) is 0 Å². The van der Waals surface area contributed by atoms with Crippen LogP contribution in [0.25, 0.3) is 0 Å². The van der Waals surface area contributed by atoms with Crippen molar-refractivity contribution in [3.63, 3.8) is 0 Å². The van der Waals surface area contributed by atoms with Crippen LogP contribution in [-0.4, -0.2) is 26.2 Å². The number of benzene rings is 1. The lowest BCUT2D eigenvalue weighted by Gasteiger charge is -1.96. The van der Waals surface area contributed by atoms with Crippen molar-refractivity contribution < 1.29 is 15.0 Å². The summed E-state index contributed by atoms with van der Waals surface area (Å²) in [5, 5.41) is 17.3. The number of hydrogen-bond donors (Lipinski definition) is 3. The van der Waals surface area contributed by atoms with E-state index in [0.29, 0.717) is 5.92 Å². The van der Waals surface area contributed by atoms with Gasteiger partial charge in [-0.15, -0.1) is 0 Å². The van der Waals surface area contributed by atoms with Crippen molar-refractivity contribution in [2.45, 2.75) is 26.7 Å². The van der Waals surface area contributed by atoms with Gasteiger partial charge in [0.05, 0.1) is 0 Å². The molecule has 0 atom stereocenters. The van der Waals surface area contributed by atoms with Gasteiger partial charge in [-0.3, -0.25) is 0 Å². The fourth-order valence-corrected chi connectivity index (χ4v) is 1.39. The highest BCUT2D eigenvalue weighted by atomic mass is 16.4. The summed E-state index contributed by atoms with van der Waals surface area (Å²) in [5.74, 6) is 0.248. The second-order valence-corrected chi connectivity index (χ2v) is 4.40. The summed E-state index contributed by atoms with van der Waals surface area (Å²) in [6, 6.07) is 5.81. The Bertz CT molecular complexity index is 547. The lowest BCUT2D eigenvalue weighted by molar-refractivity contribution is 0.0693. The summed E-state index contributed by atoms with van der Waals surface area (Å²) in [4.78, 5) is 17.5. The topological polar surface area (TPSA) is 86.2 Å². The summed E-state index contributed by atoms with van der Waals surface area (Å²) < 4.78 is 0. The number of carbonyl (C=O) groups is 1. The fourth-order valence-electron chi connectivity index (χ4n) is 1.39. The van der Waals surface area contributed by atoms with E-state index in [1.54, 1.807) is 12.1 Å². The number of aromatic hydroxyl groups is 1. The number of carboxylic acids is 1. The molecule has 0 spiro atoms. The maximum absolute atomic E-state index is 10.3. The predicted octanol–water partition coefficient (Wildman–Crippen LogP) is 2.93. The molecular formula is C14H18N2O3. The zero-order chi connectivity index (χ0) is 14.4. The second-order valence-electron chi connectivity index (χ2n) is 4.40. The van der Waals surface area contributed by atoms with Crippen LogP contribution in [-0.2, 0) is 0 Å². The molecule has 0 aliphatic heterocycles. The minimum absolute atomic E-state index is 0.0671. The van der Waals surface area contributed by atoms with Gasteiger partial charge in [0, 0.05) is 11.9 Å². The van der Waals surface area contributed by atoms with E-state index in [4.69, 9.17) is 10.2 Å². The molecule has 19 heavy (non-hydrogen) atoms. The molecule has 0 radical (unpaired) electrons. The standard InChI is InChI=1S/C7H12N2.C7H6O3/c1-5(2)7-4-8-6(3)9-7;8-6-4-2-1-3-5(6)7(9)10/h4-5H,1-3H3,(H,8,9);1-4,8H,(H,9,10). The van der Waals surface area contributed by atoms with Crippen LogP contribution in [0.2, 0.25) is 0 Å². The Labute approximate surface area is 111 Å². The predicted molar refractivity (Wildman–Crippen MR) is 72.5 cm³/mol. The van der Waals surface area contributed by atoms with Gasteiger partial charge in [-0.1, -0.05) is 26.0 Å². The lowest BCUT2D eigenvalue weighted by Crippen LogP contribution is -1.95. The van der Waals surface area contributed by atoms with Crippen molar-refractivity contribution >= 4 is 5.97 Å². The SMILES string of the molecule is Cc1ncc(C(C)C)[nH]1.O=C(O)c1ccccc1O. The van der Waals surface area contributed by atoms with E-state index in [1.807, 2.05) is 13.1 Å². The van der Waals surface area contributed by atoms with Crippen molar-refractivity contribution in [3.8, 4) is 5.75 Å². The molecule has 2 aromatic rings. The van der Waals surface area contributed by atoms with Crippen molar-refractivity contribution in [2.75, 3.05) is 0 Å². The first kappa shape index (κ1) is 14.8. The first-order valence-corrected chi connectivity index (χ1v) is 5.94. The van der Waals surface area contributed by atoms with Gasteiger partial charge in [0.1, 0.15) is 17.1 Å². The number of aromatic amines is 1. The van der Waals surface area contributed by atoms with E-state index >= 15 is 0 Å². The number of aromatic carboxylic acids is 1. The molecule has 1 heterocycles. The van der Waals surface area contributed by atoms with Crippen LogP contribution in [0.15, 0.2) is 30.5 Å². The van der Waals surface area contributed by atoms with Crippen LogP contribution in [0.1, 0.15) is 41.6 Å². The highest BCUT2D eigenvalue weighted by Gasteiger charge is 2.05. The molecule has 0 saturated heterocycles. The van der Waals surface area contributed by atoms with E-state index in [2.05, 4.69) is 23.8 Å². The number of H-pyrrole nitrogens is 1. The third-order valence-corrected chi connectivity index (χ3v) is 2.48. The van der Waals surface area contributed by atoms with Crippen LogP contribution in [0.4, 0.5) is 0 Å². The molecule has 5 nitrogen and oxygen atoms in total. The molecule has 0 fully saturated rings. The van der Waals surface area contributed by atoms with Gasteiger partial charge in [-0.2, -0.15) is 0 Å². The summed E-state index contributed by atoms with van der Waals surface area (Å²) in [7, 11) is 0. The number of rotatable bonds is 2. The zero-order valence-electron chi connectivity index (χ0n) is 11.2. The largest absolute Gasteiger partial charge is 0.507 e. The summed E-state index contributed by atoms with van der Waals surface area (Å²) in [6.45, 7) is 6.26. The average Bonchev–Trinajstić information content (AvgIpc) is 2.77. The molecule has 2 rings (SSSR count). The van der Waals surface area contributed by atoms with Gasteiger partial charge in [-0.25, -0.2) is 9.78 Å². The smallest absolute Gasteiger partial charge is 0.339 e. The van der Waals surface area contributed by atoms with Crippen molar-refractivity contribution in [1.82, 2.24) is 9.97 Å². The first-order chi connectivity index (χ1) is 8.91. The van der Waals surface area contributed by atoms with Gasteiger partial charge in [0.15, 0.2) is 0 Å². The molecule has 0 amide bonds. The third-order valence-electron chi connectivity index (χ3n) is 2.48. The second kappa shape index (κ2) is 6.58. The molecule has 0 aliphatic rings. The van der Waals surface area contributed by atoms with E-state index in [9.17, 15) is 4.79 Å². The van der Waals surface area contributed by atoms with Crippen molar-refractivity contribution in [3.05, 3.63) is 47.5 Å². The normalized spacial score (nSPS) is 9.89. The Kier molecular flexibility index (Phi) is 5.11. The average molecular weight is 262 g/mol. The van der Waals surface area contributed by atoms with E-state index in [0.717, 1.165) is 5.82 Å². The van der Waals surface area contributed by atoms with Gasteiger partial charge in [-0.05, 0) is 25.0 Å². The number of carboxylic acid groups (broad SMARTS) is 1. The number of aromatic nitrogens is 2. The van der Waals surface area contributed by atoms with Crippen LogP contribution in [0.5, 0.6) is 5.75 Å². The molecule has 0 aliphatic carbocycles. The number of nitrogens with zero attached hydrogens (tertiary/aromatic N) is 1. The van der Waals surface area contributed by atoms with Gasteiger partial charge < -0.3 is 15.2 Å². The van der Waals surface area contributed by atoms with Gasteiger partial charge >= 0.3 is 5.97 Å².